The van der Waals surface area contributed by atoms with Crippen molar-refractivity contribution in [1.82, 2.24) is 9.80 Å². The second kappa shape index (κ2) is 10.8. The lowest BCUT2D eigenvalue weighted by Gasteiger charge is -2.40. The summed E-state index contributed by atoms with van der Waals surface area (Å²) in [5.41, 5.74) is 4.22. The second-order valence-corrected chi connectivity index (χ2v) is 9.56. The van der Waals surface area contributed by atoms with Crippen LogP contribution in [0.3, 0.4) is 0 Å². The highest BCUT2D eigenvalue weighted by molar-refractivity contribution is 6.15. The zero-order valence-corrected chi connectivity index (χ0v) is 20.9. The maximum Gasteiger partial charge on any atom is 0.278 e. The Kier molecular flexibility index (Phi) is 7.28. The van der Waals surface area contributed by atoms with Crippen molar-refractivity contribution in [3.05, 3.63) is 95.6 Å². The van der Waals surface area contributed by atoms with E-state index in [-0.39, 0.29) is 18.7 Å². The maximum atomic E-state index is 15.4. The minimum Gasteiger partial charge on any atom is -0.356 e. The molecule has 1 fully saturated rings. The molecule has 0 saturated carbocycles. The number of alkyl halides is 2. The van der Waals surface area contributed by atoms with E-state index in [1.54, 1.807) is 12.1 Å². The summed E-state index contributed by atoms with van der Waals surface area (Å²) in [5, 5.41) is 7.39. The highest BCUT2D eigenvalue weighted by Crippen LogP contribution is 2.30. The molecule has 5 nitrogen and oxygen atoms in total. The molecule has 0 unspecified atom stereocenters. The molecule has 2 aromatic carbocycles. The molecule has 2 aromatic rings. The molecule has 5 rings (SSSR count). The fraction of sp³-hybridized carbons (Fsp3) is 0.310. The van der Waals surface area contributed by atoms with E-state index in [1.165, 1.54) is 11.6 Å². The van der Waals surface area contributed by atoms with E-state index in [4.69, 9.17) is 0 Å². The first-order valence-corrected chi connectivity index (χ1v) is 12.5. The SMILES string of the molecule is C=C(N1CCN(C)CC1)N(Cc1ccc(C2=NN=C(C(F)F)C2)cc1F)c1cccc(C2=CCC=C2)c1. The van der Waals surface area contributed by atoms with Crippen molar-refractivity contribution in [2.75, 3.05) is 38.1 Å². The van der Waals surface area contributed by atoms with E-state index in [0.717, 1.165) is 49.7 Å². The number of allylic oxidation sites excluding steroid dienone is 4. The van der Waals surface area contributed by atoms with Crippen LogP contribution in [-0.2, 0) is 6.54 Å². The number of hydrogen-bond acceptors (Lipinski definition) is 5. The van der Waals surface area contributed by atoms with E-state index >= 15 is 4.39 Å². The predicted octanol–water partition coefficient (Wildman–Crippen LogP) is 5.71. The average Bonchev–Trinajstić information content (AvgIpc) is 3.61. The largest absolute Gasteiger partial charge is 0.356 e. The normalized spacial score (nSPS) is 17.8. The van der Waals surface area contributed by atoms with E-state index in [9.17, 15) is 8.78 Å². The average molecular weight is 506 g/mol. The summed E-state index contributed by atoms with van der Waals surface area (Å²) < 4.78 is 41.3. The fourth-order valence-electron chi connectivity index (χ4n) is 4.77. The van der Waals surface area contributed by atoms with E-state index in [0.29, 0.717) is 16.8 Å². The Balaban J connectivity index is 1.42. The van der Waals surface area contributed by atoms with Crippen molar-refractivity contribution in [2.45, 2.75) is 25.8 Å². The first kappa shape index (κ1) is 25.0. The summed E-state index contributed by atoms with van der Waals surface area (Å²) in [6.45, 7) is 8.23. The molecule has 1 aliphatic carbocycles. The molecule has 0 amide bonds. The highest BCUT2D eigenvalue weighted by atomic mass is 19.3. The van der Waals surface area contributed by atoms with Crippen LogP contribution in [0.4, 0.5) is 18.9 Å². The van der Waals surface area contributed by atoms with Gasteiger partial charge in [0.1, 0.15) is 17.3 Å². The molecule has 3 aliphatic rings. The number of likely N-dealkylation sites (N-methyl/N-ethyl adjacent to an activating group) is 1. The molecule has 0 bridgehead atoms. The zero-order chi connectivity index (χ0) is 25.9. The van der Waals surface area contributed by atoms with Gasteiger partial charge in [0, 0.05) is 49.4 Å². The van der Waals surface area contributed by atoms with Crippen molar-refractivity contribution in [3.63, 3.8) is 0 Å². The molecule has 0 atom stereocenters. The lowest BCUT2D eigenvalue weighted by molar-refractivity contribution is 0.183. The second-order valence-electron chi connectivity index (χ2n) is 9.56. The van der Waals surface area contributed by atoms with Gasteiger partial charge in [-0.3, -0.25) is 0 Å². The minimum atomic E-state index is -2.66. The van der Waals surface area contributed by atoms with Crippen molar-refractivity contribution >= 4 is 22.7 Å². The van der Waals surface area contributed by atoms with Gasteiger partial charge in [-0.2, -0.15) is 10.2 Å². The Morgan fingerprint density at radius 1 is 1.05 bits per heavy atom. The van der Waals surface area contributed by atoms with Crippen molar-refractivity contribution in [2.24, 2.45) is 10.2 Å². The maximum absolute atomic E-state index is 15.4. The minimum absolute atomic E-state index is 0.0696. The Morgan fingerprint density at radius 2 is 1.86 bits per heavy atom. The first-order valence-electron chi connectivity index (χ1n) is 12.5. The van der Waals surface area contributed by atoms with Gasteiger partial charge in [-0.1, -0.05) is 49.1 Å². The molecule has 37 heavy (non-hydrogen) atoms. The third-order valence-electron chi connectivity index (χ3n) is 7.06. The summed E-state index contributed by atoms with van der Waals surface area (Å²) >= 11 is 0. The summed E-state index contributed by atoms with van der Waals surface area (Å²) in [6.07, 6.45) is 4.62. The highest BCUT2D eigenvalue weighted by Gasteiger charge is 2.24. The number of halogens is 3. The van der Waals surface area contributed by atoms with Crippen LogP contribution in [0.2, 0.25) is 0 Å². The molecule has 192 valence electrons. The quantitative estimate of drug-likeness (QED) is 0.461. The Bertz CT molecular complexity index is 1300. The third-order valence-corrected chi connectivity index (χ3v) is 7.06. The molecule has 1 saturated heterocycles. The number of anilines is 1. The molecule has 8 heteroatoms. The first-order chi connectivity index (χ1) is 17.9. The number of nitrogens with zero attached hydrogens (tertiary/aromatic N) is 5. The Labute approximate surface area is 215 Å². The van der Waals surface area contributed by atoms with Gasteiger partial charge in [-0.15, -0.1) is 0 Å². The number of piperazine rings is 1. The number of rotatable bonds is 8. The van der Waals surface area contributed by atoms with Crippen LogP contribution in [0.1, 0.15) is 29.5 Å². The lowest BCUT2D eigenvalue weighted by atomic mass is 10.0. The molecular formula is C29H30F3N5. The van der Waals surface area contributed by atoms with Crippen LogP contribution in [0, 0.1) is 5.82 Å². The van der Waals surface area contributed by atoms with E-state index in [1.807, 2.05) is 12.1 Å². The van der Waals surface area contributed by atoms with E-state index in [2.05, 4.69) is 68.9 Å². The standard InChI is InChI=1S/C29H30F3N5/c1-20(36-14-12-35(2)13-15-36)37(25-9-5-8-22(16-25)21-6-3-4-7-21)19-24-11-10-23(17-26(24)30)27-18-28(29(31)32)34-33-27/h3,5-11,16-17,29H,1,4,12-15,18-19H2,2H3. The van der Waals surface area contributed by atoms with Crippen molar-refractivity contribution < 1.29 is 13.2 Å². The van der Waals surface area contributed by atoms with Crippen molar-refractivity contribution in [3.8, 4) is 0 Å². The van der Waals surface area contributed by atoms with Crippen LogP contribution < -0.4 is 4.90 Å². The molecule has 0 aromatic heterocycles. The summed E-state index contributed by atoms with van der Waals surface area (Å²) in [4.78, 5) is 6.57. The van der Waals surface area contributed by atoms with Crippen molar-refractivity contribution in [1.29, 1.82) is 0 Å². The third kappa shape index (κ3) is 5.54. The van der Waals surface area contributed by atoms with Crippen LogP contribution in [0.15, 0.2) is 83.3 Å². The van der Waals surface area contributed by atoms with Gasteiger partial charge in [-0.25, -0.2) is 13.2 Å². The summed E-state index contributed by atoms with van der Waals surface area (Å²) in [5.74, 6) is 0.402. The predicted molar refractivity (Wildman–Crippen MR) is 144 cm³/mol. The number of hydrogen-bond donors (Lipinski definition) is 0. The summed E-state index contributed by atoms with van der Waals surface area (Å²) in [7, 11) is 2.10. The summed E-state index contributed by atoms with van der Waals surface area (Å²) in [6, 6.07) is 13.0. The number of benzene rings is 2. The van der Waals surface area contributed by atoms with Gasteiger partial charge in [0.25, 0.3) is 6.43 Å². The molecule has 0 N–H and O–H groups in total. The zero-order valence-electron chi connectivity index (χ0n) is 20.9. The molecular weight excluding hydrogens is 475 g/mol. The lowest BCUT2D eigenvalue weighted by Crippen LogP contribution is -2.47. The van der Waals surface area contributed by atoms with Crippen LogP contribution in [-0.4, -0.2) is 60.9 Å². The fourth-order valence-corrected chi connectivity index (χ4v) is 4.77. The van der Waals surface area contributed by atoms with Gasteiger partial charge in [0.05, 0.1) is 12.3 Å². The molecule has 2 aliphatic heterocycles. The molecule has 0 radical (unpaired) electrons. The van der Waals surface area contributed by atoms with Crippen LogP contribution in [0.5, 0.6) is 0 Å². The van der Waals surface area contributed by atoms with Gasteiger partial charge >= 0.3 is 0 Å². The van der Waals surface area contributed by atoms with Gasteiger partial charge in [0.15, 0.2) is 0 Å². The monoisotopic (exact) mass is 505 g/mol. The van der Waals surface area contributed by atoms with Gasteiger partial charge in [0.2, 0.25) is 0 Å². The Hall–Kier alpha value is -3.65. The van der Waals surface area contributed by atoms with E-state index < -0.39 is 12.2 Å². The van der Waals surface area contributed by atoms with Crippen LogP contribution in [0.25, 0.3) is 5.57 Å². The topological polar surface area (TPSA) is 34.4 Å². The molecule has 2 heterocycles. The Morgan fingerprint density at radius 3 is 2.54 bits per heavy atom. The smallest absolute Gasteiger partial charge is 0.278 e. The van der Waals surface area contributed by atoms with Gasteiger partial charge < -0.3 is 14.7 Å². The molecule has 0 spiro atoms. The van der Waals surface area contributed by atoms with Gasteiger partial charge in [-0.05, 0) is 42.8 Å². The van der Waals surface area contributed by atoms with Crippen LogP contribution >= 0.6 is 0 Å².